The third-order valence-electron chi connectivity index (χ3n) is 5.50. The van der Waals surface area contributed by atoms with E-state index < -0.39 is 0 Å². The minimum Gasteiger partial charge on any atom is -0.349 e. The van der Waals surface area contributed by atoms with Gasteiger partial charge < -0.3 is 4.90 Å². The Morgan fingerprint density at radius 3 is 2.69 bits per heavy atom. The number of carbonyl (C=O) groups is 2. The molecule has 1 fully saturated rings. The molecule has 6 nitrogen and oxygen atoms in total. The van der Waals surface area contributed by atoms with E-state index in [0.717, 1.165) is 41.3 Å². The molecule has 4 heterocycles. The van der Waals surface area contributed by atoms with E-state index in [-0.39, 0.29) is 23.8 Å². The molecule has 8 heteroatoms. The van der Waals surface area contributed by atoms with Gasteiger partial charge in [-0.2, -0.15) is 5.10 Å². The van der Waals surface area contributed by atoms with Crippen LogP contribution in [0.25, 0.3) is 0 Å². The molecule has 0 bridgehead atoms. The number of likely N-dealkylation sites (tertiary alicyclic amines) is 1. The molecule has 0 aliphatic carbocycles. The zero-order chi connectivity index (χ0) is 20.4. The maximum Gasteiger partial charge on any atom is 0.257 e. The number of hydrogen-bond acceptors (Lipinski definition) is 6. The fourth-order valence-corrected chi connectivity index (χ4v) is 5.60. The molecule has 0 aromatic carbocycles. The quantitative estimate of drug-likeness (QED) is 0.731. The lowest BCUT2D eigenvalue weighted by Crippen LogP contribution is -2.46. The Morgan fingerprint density at radius 1 is 1.21 bits per heavy atom. The first-order valence-electron chi connectivity index (χ1n) is 9.93. The van der Waals surface area contributed by atoms with Crippen molar-refractivity contribution in [3.05, 3.63) is 44.8 Å². The summed E-state index contributed by atoms with van der Waals surface area (Å²) in [6.07, 6.45) is 2.58. The summed E-state index contributed by atoms with van der Waals surface area (Å²) < 4.78 is 0. The predicted molar refractivity (Wildman–Crippen MR) is 117 cm³/mol. The molecule has 2 aliphatic heterocycles. The molecule has 0 N–H and O–H groups in total. The van der Waals surface area contributed by atoms with Crippen LogP contribution in [0.1, 0.15) is 35.1 Å². The summed E-state index contributed by atoms with van der Waals surface area (Å²) in [4.78, 5) is 31.6. The van der Waals surface area contributed by atoms with Crippen molar-refractivity contribution in [1.82, 2.24) is 14.8 Å². The minimum atomic E-state index is -0.0383. The van der Waals surface area contributed by atoms with E-state index in [9.17, 15) is 9.59 Å². The van der Waals surface area contributed by atoms with Crippen LogP contribution in [0.5, 0.6) is 0 Å². The molecule has 0 spiro atoms. The van der Waals surface area contributed by atoms with Gasteiger partial charge in [-0.15, -0.1) is 22.7 Å². The van der Waals surface area contributed by atoms with E-state index in [2.05, 4.69) is 17.0 Å². The Kier molecular flexibility index (Phi) is 6.12. The van der Waals surface area contributed by atoms with Crippen molar-refractivity contribution in [3.63, 3.8) is 0 Å². The third-order valence-corrected chi connectivity index (χ3v) is 7.39. The highest BCUT2D eigenvalue weighted by Crippen LogP contribution is 2.36. The van der Waals surface area contributed by atoms with Gasteiger partial charge in [0.05, 0.1) is 29.1 Å². The minimum absolute atomic E-state index is 0.00732. The topological polar surface area (TPSA) is 56.2 Å². The summed E-state index contributed by atoms with van der Waals surface area (Å²) in [5.41, 5.74) is 0.978. The van der Waals surface area contributed by atoms with E-state index in [0.29, 0.717) is 13.1 Å². The molecule has 29 heavy (non-hydrogen) atoms. The second-order valence-electron chi connectivity index (χ2n) is 7.80. The van der Waals surface area contributed by atoms with Crippen LogP contribution in [-0.4, -0.2) is 66.1 Å². The number of amides is 2. The highest BCUT2D eigenvalue weighted by molar-refractivity contribution is 7.12. The molecule has 0 radical (unpaired) electrons. The molecule has 0 saturated carbocycles. The summed E-state index contributed by atoms with van der Waals surface area (Å²) in [6, 6.07) is 8.14. The molecule has 2 unspecified atom stereocenters. The van der Waals surface area contributed by atoms with Crippen molar-refractivity contribution in [2.24, 2.45) is 11.0 Å². The first-order valence-corrected chi connectivity index (χ1v) is 11.7. The summed E-state index contributed by atoms with van der Waals surface area (Å²) in [7, 11) is 3.59. The van der Waals surface area contributed by atoms with Crippen molar-refractivity contribution in [2.75, 3.05) is 33.7 Å². The van der Waals surface area contributed by atoms with Crippen molar-refractivity contribution in [1.29, 1.82) is 0 Å². The summed E-state index contributed by atoms with van der Waals surface area (Å²) in [5.74, 6) is 0.133. The summed E-state index contributed by atoms with van der Waals surface area (Å²) >= 11 is 3.32. The largest absolute Gasteiger partial charge is 0.349 e. The van der Waals surface area contributed by atoms with Crippen LogP contribution in [0.4, 0.5) is 0 Å². The van der Waals surface area contributed by atoms with Gasteiger partial charge in [0, 0.05) is 31.9 Å². The molecule has 2 amide bonds. The second-order valence-corrected chi connectivity index (χ2v) is 9.73. The van der Waals surface area contributed by atoms with Gasteiger partial charge in [0.1, 0.15) is 0 Å². The average molecular weight is 431 g/mol. The van der Waals surface area contributed by atoms with Gasteiger partial charge >= 0.3 is 0 Å². The second kappa shape index (κ2) is 8.77. The van der Waals surface area contributed by atoms with Crippen LogP contribution >= 0.6 is 22.7 Å². The van der Waals surface area contributed by atoms with Gasteiger partial charge in [0.2, 0.25) is 5.91 Å². The van der Waals surface area contributed by atoms with Crippen LogP contribution in [-0.2, 0) is 9.59 Å². The predicted octanol–water partition coefficient (Wildman–Crippen LogP) is 3.29. The molecule has 2 aromatic rings. The molecule has 4 rings (SSSR count). The number of hydrogen-bond donors (Lipinski definition) is 0. The molecular weight excluding hydrogens is 404 g/mol. The van der Waals surface area contributed by atoms with Gasteiger partial charge in [-0.25, -0.2) is 5.01 Å². The average Bonchev–Trinajstić information content (AvgIpc) is 3.48. The zero-order valence-electron chi connectivity index (χ0n) is 16.8. The monoisotopic (exact) mass is 430 g/mol. The van der Waals surface area contributed by atoms with E-state index in [1.807, 2.05) is 22.9 Å². The van der Waals surface area contributed by atoms with E-state index >= 15 is 0 Å². The van der Waals surface area contributed by atoms with E-state index in [4.69, 9.17) is 5.10 Å². The van der Waals surface area contributed by atoms with Gasteiger partial charge in [0.25, 0.3) is 5.91 Å². The Balaban J connectivity index is 1.48. The van der Waals surface area contributed by atoms with Crippen LogP contribution in [0.15, 0.2) is 40.1 Å². The third kappa shape index (κ3) is 4.44. The van der Waals surface area contributed by atoms with Crippen LogP contribution in [0.3, 0.4) is 0 Å². The lowest BCUT2D eigenvalue weighted by molar-refractivity contribution is -0.138. The van der Waals surface area contributed by atoms with Crippen LogP contribution in [0.2, 0.25) is 0 Å². The highest BCUT2D eigenvalue weighted by atomic mass is 32.1. The van der Waals surface area contributed by atoms with Crippen molar-refractivity contribution in [3.8, 4) is 0 Å². The number of thiophene rings is 2. The first-order chi connectivity index (χ1) is 14.0. The molecule has 2 aromatic heterocycles. The maximum absolute atomic E-state index is 13.2. The lowest BCUT2D eigenvalue weighted by Gasteiger charge is -2.33. The molecule has 154 valence electrons. The zero-order valence-corrected chi connectivity index (χ0v) is 18.4. The van der Waals surface area contributed by atoms with Crippen LogP contribution in [0, 0.1) is 5.92 Å². The van der Waals surface area contributed by atoms with E-state index in [1.165, 1.54) is 0 Å². The number of nitrogens with zero attached hydrogens (tertiary/aromatic N) is 4. The maximum atomic E-state index is 13.2. The lowest BCUT2D eigenvalue weighted by atomic mass is 9.96. The Hall–Kier alpha value is -2.03. The standard InChI is InChI=1S/C21H26N4O2S2/c1-23(2)21(27)15-6-3-9-24(13-15)14-20(26)25-17(19-8-5-11-29-19)12-16(22-25)18-7-4-10-28-18/h4-5,7-8,10-11,15,17H,3,6,9,12-14H2,1-2H3. The Bertz CT molecular complexity index is 877. The van der Waals surface area contributed by atoms with Crippen molar-refractivity contribution < 1.29 is 9.59 Å². The van der Waals surface area contributed by atoms with Crippen LogP contribution < -0.4 is 0 Å². The molecular formula is C21H26N4O2S2. The normalized spacial score (nSPS) is 22.6. The first kappa shape index (κ1) is 20.3. The molecule has 2 aliphatic rings. The number of rotatable bonds is 5. The Morgan fingerprint density at radius 2 is 2.00 bits per heavy atom. The van der Waals surface area contributed by atoms with E-state index in [1.54, 1.807) is 46.7 Å². The number of hydrazone groups is 1. The summed E-state index contributed by atoms with van der Waals surface area (Å²) in [6.45, 7) is 1.80. The smallest absolute Gasteiger partial charge is 0.257 e. The van der Waals surface area contributed by atoms with Crippen molar-refractivity contribution in [2.45, 2.75) is 25.3 Å². The SMILES string of the molecule is CN(C)C(=O)C1CCCN(CC(=O)N2N=C(c3cccs3)CC2c2cccs2)C1. The molecule has 2 atom stereocenters. The van der Waals surface area contributed by atoms with Gasteiger partial charge in [0.15, 0.2) is 0 Å². The fraction of sp³-hybridized carbons (Fsp3) is 0.476. The Labute approximate surface area is 179 Å². The molecule has 1 saturated heterocycles. The number of carbonyl (C=O) groups excluding carboxylic acids is 2. The van der Waals surface area contributed by atoms with Gasteiger partial charge in [-0.1, -0.05) is 12.1 Å². The number of piperidine rings is 1. The van der Waals surface area contributed by atoms with Gasteiger partial charge in [-0.05, 0) is 42.3 Å². The highest BCUT2D eigenvalue weighted by Gasteiger charge is 2.35. The van der Waals surface area contributed by atoms with Gasteiger partial charge in [-0.3, -0.25) is 14.5 Å². The fourth-order valence-electron chi connectivity index (χ4n) is 4.06. The summed E-state index contributed by atoms with van der Waals surface area (Å²) in [5, 5.41) is 10.5. The van der Waals surface area contributed by atoms with Crippen molar-refractivity contribution >= 4 is 40.2 Å².